The predicted molar refractivity (Wildman–Crippen MR) is 112 cm³/mol. The predicted octanol–water partition coefficient (Wildman–Crippen LogP) is 4.02. The Morgan fingerprint density at radius 2 is 1.85 bits per heavy atom. The molecule has 0 unspecified atom stereocenters. The lowest BCUT2D eigenvalue weighted by Crippen LogP contribution is -2.22. The average molecular weight is 445 g/mol. The van der Waals surface area contributed by atoms with Gasteiger partial charge in [0.05, 0.1) is 28.8 Å². The van der Waals surface area contributed by atoms with Gasteiger partial charge in [0, 0.05) is 4.47 Å². The zero-order chi connectivity index (χ0) is 19.0. The van der Waals surface area contributed by atoms with Crippen molar-refractivity contribution in [3.8, 4) is 11.5 Å². The van der Waals surface area contributed by atoms with Crippen LogP contribution in [0, 0.1) is 0 Å². The molecule has 0 aliphatic carbocycles. The minimum atomic E-state index is -0.0672. The van der Waals surface area contributed by atoms with Gasteiger partial charge in [-0.15, -0.1) is 0 Å². The number of rotatable bonds is 5. The number of hydrogen-bond acceptors (Lipinski definition) is 5. The average Bonchev–Trinajstić information content (AvgIpc) is 3.16. The first kappa shape index (κ1) is 18.0. The van der Waals surface area contributed by atoms with Gasteiger partial charge in [0.1, 0.15) is 0 Å². The van der Waals surface area contributed by atoms with Crippen molar-refractivity contribution in [1.29, 1.82) is 0 Å². The first-order chi connectivity index (χ1) is 13.1. The van der Waals surface area contributed by atoms with Crippen molar-refractivity contribution >= 4 is 49.3 Å². The molecular formula is C20H17BrN2O3S. The van der Waals surface area contributed by atoms with E-state index >= 15 is 0 Å². The smallest absolute Gasteiger partial charge is 0.274 e. The molecule has 4 aromatic rings. The van der Waals surface area contributed by atoms with Crippen molar-refractivity contribution < 1.29 is 9.47 Å². The minimum Gasteiger partial charge on any atom is -0.490 e. The van der Waals surface area contributed by atoms with Gasteiger partial charge in [-0.1, -0.05) is 39.4 Å². The maximum atomic E-state index is 12.9. The Morgan fingerprint density at radius 3 is 2.59 bits per heavy atom. The first-order valence-electron chi connectivity index (χ1n) is 8.63. The summed E-state index contributed by atoms with van der Waals surface area (Å²) in [7, 11) is 0. The second kappa shape index (κ2) is 7.32. The van der Waals surface area contributed by atoms with Gasteiger partial charge in [0.15, 0.2) is 16.5 Å². The van der Waals surface area contributed by atoms with Crippen molar-refractivity contribution in [2.75, 3.05) is 13.2 Å². The van der Waals surface area contributed by atoms with Gasteiger partial charge >= 0.3 is 0 Å². The lowest BCUT2D eigenvalue weighted by Gasteiger charge is -2.12. The summed E-state index contributed by atoms with van der Waals surface area (Å²) in [5, 5.41) is 0. The minimum absolute atomic E-state index is 0.0672. The van der Waals surface area contributed by atoms with Gasteiger partial charge in [-0.05, 0) is 49.8 Å². The molecule has 0 radical (unpaired) electrons. The number of fused-ring (bicyclic) bond motifs is 3. The van der Waals surface area contributed by atoms with E-state index in [1.54, 1.807) is 4.40 Å². The molecule has 0 fully saturated rings. The molecule has 0 spiro atoms. The third kappa shape index (κ3) is 3.21. The van der Waals surface area contributed by atoms with Crippen LogP contribution in [-0.4, -0.2) is 22.6 Å². The summed E-state index contributed by atoms with van der Waals surface area (Å²) in [5.74, 6) is 1.34. The van der Waals surface area contributed by atoms with Gasteiger partial charge in [-0.3, -0.25) is 4.79 Å². The van der Waals surface area contributed by atoms with E-state index in [-0.39, 0.29) is 5.56 Å². The fourth-order valence-corrected chi connectivity index (χ4v) is 4.37. The molecule has 0 saturated carbocycles. The fourth-order valence-electron chi connectivity index (χ4n) is 2.95. The van der Waals surface area contributed by atoms with Gasteiger partial charge in [0.25, 0.3) is 5.56 Å². The highest BCUT2D eigenvalue weighted by atomic mass is 79.9. The van der Waals surface area contributed by atoms with Crippen LogP contribution in [0.2, 0.25) is 0 Å². The number of imidazole rings is 1. The number of hydrogen-bond donors (Lipinski definition) is 0. The molecule has 4 rings (SSSR count). The number of benzene rings is 2. The summed E-state index contributed by atoms with van der Waals surface area (Å²) in [4.78, 5) is 18.2. The Hall–Kier alpha value is -2.38. The Morgan fingerprint density at radius 1 is 1.15 bits per heavy atom. The zero-order valence-corrected chi connectivity index (χ0v) is 17.3. The fraction of sp³-hybridized carbons (Fsp3) is 0.200. The SMILES string of the molecule is CCOc1cc(Br)c(/C=c2\sc3nc4ccccc4n3c2=O)cc1OCC. The largest absolute Gasteiger partial charge is 0.490 e. The molecule has 27 heavy (non-hydrogen) atoms. The number of halogens is 1. The molecule has 5 nitrogen and oxygen atoms in total. The van der Waals surface area contributed by atoms with E-state index in [2.05, 4.69) is 20.9 Å². The van der Waals surface area contributed by atoms with Gasteiger partial charge < -0.3 is 9.47 Å². The highest BCUT2D eigenvalue weighted by Gasteiger charge is 2.13. The van der Waals surface area contributed by atoms with Crippen LogP contribution >= 0.6 is 27.3 Å². The number of aromatic nitrogens is 2. The van der Waals surface area contributed by atoms with Crippen LogP contribution in [0.4, 0.5) is 0 Å². The van der Waals surface area contributed by atoms with E-state index < -0.39 is 0 Å². The zero-order valence-electron chi connectivity index (χ0n) is 14.9. The second-order valence-electron chi connectivity index (χ2n) is 5.82. The van der Waals surface area contributed by atoms with E-state index in [0.29, 0.717) is 34.2 Å². The van der Waals surface area contributed by atoms with Crippen LogP contribution in [0.1, 0.15) is 19.4 Å². The quantitative estimate of drug-likeness (QED) is 0.466. The van der Waals surface area contributed by atoms with Crippen molar-refractivity contribution in [1.82, 2.24) is 9.38 Å². The summed E-state index contributed by atoms with van der Waals surface area (Å²) >= 11 is 4.95. The maximum Gasteiger partial charge on any atom is 0.274 e. The van der Waals surface area contributed by atoms with Crippen molar-refractivity contribution in [3.63, 3.8) is 0 Å². The number of ether oxygens (including phenoxy) is 2. The molecule has 0 amide bonds. The molecule has 0 saturated heterocycles. The number of nitrogens with zero attached hydrogens (tertiary/aromatic N) is 2. The molecule has 0 bridgehead atoms. The number of para-hydroxylation sites is 2. The van der Waals surface area contributed by atoms with Crippen molar-refractivity contribution in [3.05, 3.63) is 61.3 Å². The van der Waals surface area contributed by atoms with E-state index in [4.69, 9.17) is 9.47 Å². The molecular weight excluding hydrogens is 428 g/mol. The maximum absolute atomic E-state index is 12.9. The molecule has 7 heteroatoms. The molecule has 2 heterocycles. The highest BCUT2D eigenvalue weighted by Crippen LogP contribution is 2.34. The van der Waals surface area contributed by atoms with Crippen LogP contribution in [0.5, 0.6) is 11.5 Å². The Labute approximate surface area is 168 Å². The van der Waals surface area contributed by atoms with Gasteiger partial charge in [0.2, 0.25) is 0 Å². The molecule has 2 aromatic carbocycles. The van der Waals surface area contributed by atoms with Crippen LogP contribution in [0.3, 0.4) is 0 Å². The van der Waals surface area contributed by atoms with Gasteiger partial charge in [-0.25, -0.2) is 9.38 Å². The second-order valence-corrected chi connectivity index (χ2v) is 7.68. The highest BCUT2D eigenvalue weighted by molar-refractivity contribution is 9.10. The summed E-state index contributed by atoms with van der Waals surface area (Å²) in [5.41, 5.74) is 2.44. The number of thiazole rings is 1. The van der Waals surface area contributed by atoms with E-state index in [9.17, 15) is 4.79 Å². The Balaban J connectivity index is 1.89. The van der Waals surface area contributed by atoms with Crippen LogP contribution in [-0.2, 0) is 0 Å². The Kier molecular flexibility index (Phi) is 4.88. The lowest BCUT2D eigenvalue weighted by molar-refractivity contribution is 0.287. The van der Waals surface area contributed by atoms with Crippen LogP contribution in [0.15, 0.2) is 45.7 Å². The monoisotopic (exact) mass is 444 g/mol. The summed E-state index contributed by atoms with van der Waals surface area (Å²) in [6.45, 7) is 4.94. The van der Waals surface area contributed by atoms with E-state index in [0.717, 1.165) is 21.1 Å². The molecule has 2 aromatic heterocycles. The topological polar surface area (TPSA) is 52.8 Å². The lowest BCUT2D eigenvalue weighted by atomic mass is 10.2. The summed E-state index contributed by atoms with van der Waals surface area (Å²) in [6, 6.07) is 11.4. The van der Waals surface area contributed by atoms with Crippen LogP contribution < -0.4 is 19.6 Å². The molecule has 0 aliphatic rings. The summed E-state index contributed by atoms with van der Waals surface area (Å²) in [6.07, 6.45) is 1.86. The van der Waals surface area contributed by atoms with E-state index in [1.165, 1.54) is 11.3 Å². The van der Waals surface area contributed by atoms with Crippen molar-refractivity contribution in [2.45, 2.75) is 13.8 Å². The third-order valence-corrected chi connectivity index (χ3v) is 5.75. The van der Waals surface area contributed by atoms with Gasteiger partial charge in [-0.2, -0.15) is 0 Å². The first-order valence-corrected chi connectivity index (χ1v) is 10.2. The molecule has 0 aliphatic heterocycles. The Bertz CT molecular complexity index is 1250. The molecule has 0 atom stereocenters. The summed E-state index contributed by atoms with van der Waals surface area (Å²) < 4.78 is 14.5. The third-order valence-electron chi connectivity index (χ3n) is 4.09. The molecule has 0 N–H and O–H groups in total. The normalized spacial score (nSPS) is 12.2. The van der Waals surface area contributed by atoms with Crippen molar-refractivity contribution in [2.24, 2.45) is 0 Å². The van der Waals surface area contributed by atoms with Crippen LogP contribution in [0.25, 0.3) is 22.1 Å². The standard InChI is InChI=1S/C20H17BrN2O3S/c1-3-25-16-9-12(13(21)11-17(16)26-4-2)10-18-19(24)23-15-8-6-5-7-14(15)22-20(23)27-18/h5-11H,3-4H2,1-2H3/b18-10-. The van der Waals surface area contributed by atoms with E-state index in [1.807, 2.05) is 56.3 Å². The molecule has 138 valence electrons.